The molecule has 0 N–H and O–H groups in total. The van der Waals surface area contributed by atoms with Gasteiger partial charge >= 0.3 is 0 Å². The quantitative estimate of drug-likeness (QED) is 0.521. The first-order valence-corrected chi connectivity index (χ1v) is 9.57. The Balaban J connectivity index is 1.80. The molecule has 5 rings (SSSR count). The second-order valence-electron chi connectivity index (χ2n) is 7.12. The molecule has 4 aromatic rings. The van der Waals surface area contributed by atoms with Gasteiger partial charge in [0.25, 0.3) is 0 Å². The van der Waals surface area contributed by atoms with Gasteiger partial charge in [-0.05, 0) is 25.3 Å². The largest absolute Gasteiger partial charge is 0.356 e. The fourth-order valence-corrected chi connectivity index (χ4v) is 3.98. The lowest BCUT2D eigenvalue weighted by Gasteiger charge is -2.19. The lowest BCUT2D eigenvalue weighted by molar-refractivity contribution is 0.843. The zero-order chi connectivity index (χ0) is 18.2. The third-order valence-corrected chi connectivity index (χ3v) is 5.31. The van der Waals surface area contributed by atoms with Gasteiger partial charge < -0.3 is 4.90 Å². The maximum absolute atomic E-state index is 5.05. The Morgan fingerprint density at radius 3 is 2.11 bits per heavy atom. The molecule has 1 saturated heterocycles. The van der Waals surface area contributed by atoms with E-state index in [1.165, 1.54) is 12.8 Å². The minimum absolute atomic E-state index is 0.932. The van der Waals surface area contributed by atoms with E-state index in [4.69, 9.17) is 10.1 Å². The monoisotopic (exact) mass is 354 g/mol. The van der Waals surface area contributed by atoms with Gasteiger partial charge in [-0.3, -0.25) is 0 Å². The molecule has 1 aliphatic heterocycles. The highest BCUT2D eigenvalue weighted by atomic mass is 15.4. The lowest BCUT2D eigenvalue weighted by Crippen LogP contribution is -2.21. The molecule has 0 aliphatic carbocycles. The van der Waals surface area contributed by atoms with Crippen molar-refractivity contribution in [2.75, 3.05) is 18.0 Å². The predicted octanol–water partition coefficient (Wildman–Crippen LogP) is 4.97. The molecule has 0 radical (unpaired) electrons. The van der Waals surface area contributed by atoms with Crippen LogP contribution in [-0.2, 0) is 0 Å². The Morgan fingerprint density at radius 1 is 0.815 bits per heavy atom. The van der Waals surface area contributed by atoms with E-state index >= 15 is 0 Å². The van der Waals surface area contributed by atoms with Gasteiger partial charge in [0.1, 0.15) is 5.82 Å². The first-order chi connectivity index (χ1) is 13.3. The summed E-state index contributed by atoms with van der Waals surface area (Å²) in [5, 5.41) is 4.88. The van der Waals surface area contributed by atoms with E-state index in [0.717, 1.165) is 52.6 Å². The van der Waals surface area contributed by atoms with E-state index in [9.17, 15) is 0 Å². The molecule has 4 nitrogen and oxygen atoms in total. The van der Waals surface area contributed by atoms with Crippen LogP contribution in [0.5, 0.6) is 0 Å². The summed E-state index contributed by atoms with van der Waals surface area (Å²) in [6, 6.07) is 23.1. The third kappa shape index (κ3) is 2.78. The molecular weight excluding hydrogens is 332 g/mol. The van der Waals surface area contributed by atoms with Crippen LogP contribution in [0, 0.1) is 6.92 Å². The summed E-state index contributed by atoms with van der Waals surface area (Å²) in [5.41, 5.74) is 6.37. The van der Waals surface area contributed by atoms with Crippen molar-refractivity contribution < 1.29 is 0 Å². The molecule has 0 unspecified atom stereocenters. The molecule has 134 valence electrons. The zero-order valence-electron chi connectivity index (χ0n) is 15.5. The molecule has 0 saturated carbocycles. The van der Waals surface area contributed by atoms with E-state index in [1.807, 2.05) is 16.6 Å². The smallest absolute Gasteiger partial charge is 0.166 e. The molecule has 2 aromatic heterocycles. The van der Waals surface area contributed by atoms with Gasteiger partial charge in [-0.15, -0.1) is 0 Å². The van der Waals surface area contributed by atoms with Gasteiger partial charge in [-0.1, -0.05) is 60.7 Å². The maximum Gasteiger partial charge on any atom is 0.166 e. The lowest BCUT2D eigenvalue weighted by atomic mass is 10.1. The van der Waals surface area contributed by atoms with Gasteiger partial charge in [-0.2, -0.15) is 9.61 Å². The summed E-state index contributed by atoms with van der Waals surface area (Å²) in [6.07, 6.45) is 2.46. The fraction of sp³-hybridized carbons (Fsp3) is 0.217. The fourth-order valence-electron chi connectivity index (χ4n) is 3.98. The number of benzene rings is 2. The zero-order valence-corrected chi connectivity index (χ0v) is 15.5. The van der Waals surface area contributed by atoms with Crippen molar-refractivity contribution in [3.8, 4) is 22.4 Å². The van der Waals surface area contributed by atoms with Crippen LogP contribution in [0.3, 0.4) is 0 Å². The van der Waals surface area contributed by atoms with E-state index in [0.29, 0.717) is 0 Å². The summed E-state index contributed by atoms with van der Waals surface area (Å²) in [6.45, 7) is 4.23. The first kappa shape index (κ1) is 16.1. The van der Waals surface area contributed by atoms with E-state index in [-0.39, 0.29) is 0 Å². The molecular formula is C23H22N4. The highest BCUT2D eigenvalue weighted by Gasteiger charge is 2.21. The summed E-state index contributed by atoms with van der Waals surface area (Å²) in [5.74, 6) is 1.14. The van der Waals surface area contributed by atoms with Gasteiger partial charge in [0.2, 0.25) is 0 Å². The van der Waals surface area contributed by atoms with Crippen molar-refractivity contribution in [1.29, 1.82) is 0 Å². The van der Waals surface area contributed by atoms with Gasteiger partial charge in [0, 0.05) is 30.3 Å². The molecule has 0 spiro atoms. The minimum atomic E-state index is 0.932. The van der Waals surface area contributed by atoms with Gasteiger partial charge in [0.05, 0.1) is 11.4 Å². The summed E-state index contributed by atoms with van der Waals surface area (Å²) >= 11 is 0. The topological polar surface area (TPSA) is 33.4 Å². The van der Waals surface area contributed by atoms with Crippen molar-refractivity contribution in [2.45, 2.75) is 19.8 Å². The molecule has 27 heavy (non-hydrogen) atoms. The van der Waals surface area contributed by atoms with Crippen LogP contribution in [0.4, 0.5) is 5.82 Å². The highest BCUT2D eigenvalue weighted by molar-refractivity contribution is 5.82. The number of aryl methyl sites for hydroxylation is 1. The van der Waals surface area contributed by atoms with E-state index in [2.05, 4.69) is 66.4 Å². The summed E-state index contributed by atoms with van der Waals surface area (Å²) < 4.78 is 2.04. The second-order valence-corrected chi connectivity index (χ2v) is 7.12. The average molecular weight is 354 g/mol. The van der Waals surface area contributed by atoms with Crippen LogP contribution >= 0.6 is 0 Å². The van der Waals surface area contributed by atoms with E-state index in [1.54, 1.807) is 0 Å². The molecule has 4 heteroatoms. The first-order valence-electron chi connectivity index (χ1n) is 9.57. The van der Waals surface area contributed by atoms with Crippen molar-refractivity contribution in [2.24, 2.45) is 0 Å². The summed E-state index contributed by atoms with van der Waals surface area (Å²) in [7, 11) is 0. The van der Waals surface area contributed by atoms with Crippen molar-refractivity contribution in [3.63, 3.8) is 0 Å². The molecule has 1 aliphatic rings. The van der Waals surface area contributed by atoms with Gasteiger partial charge in [-0.25, -0.2) is 4.98 Å². The SMILES string of the molecule is Cc1nn2c(N3CCCC3)cc(-c3ccccc3)nc2c1-c1ccccc1. The Labute approximate surface area is 159 Å². The predicted molar refractivity (Wildman–Crippen MR) is 110 cm³/mol. The van der Waals surface area contributed by atoms with Gasteiger partial charge in [0.15, 0.2) is 5.65 Å². The normalized spacial score (nSPS) is 14.2. The van der Waals surface area contributed by atoms with Crippen molar-refractivity contribution in [1.82, 2.24) is 14.6 Å². The standard InChI is InChI=1S/C23H22N4/c1-17-22(19-12-6-3-7-13-19)23-24-20(18-10-4-2-5-11-18)16-21(27(23)25-17)26-14-8-9-15-26/h2-7,10-13,16H,8-9,14-15H2,1H3. The molecule has 0 amide bonds. The Bertz CT molecular complexity index is 1080. The molecule has 1 fully saturated rings. The Hall–Kier alpha value is -3.14. The average Bonchev–Trinajstić information content (AvgIpc) is 3.36. The number of fused-ring (bicyclic) bond motifs is 1. The maximum atomic E-state index is 5.05. The van der Waals surface area contributed by atoms with Crippen LogP contribution < -0.4 is 4.90 Å². The summed E-state index contributed by atoms with van der Waals surface area (Å²) in [4.78, 5) is 7.48. The minimum Gasteiger partial charge on any atom is -0.356 e. The molecule has 0 bridgehead atoms. The van der Waals surface area contributed by atoms with Crippen LogP contribution in [0.15, 0.2) is 66.7 Å². The number of rotatable bonds is 3. The number of aromatic nitrogens is 3. The van der Waals surface area contributed by atoms with Crippen molar-refractivity contribution >= 4 is 11.5 Å². The van der Waals surface area contributed by atoms with Crippen LogP contribution in [-0.4, -0.2) is 27.7 Å². The Morgan fingerprint density at radius 2 is 1.44 bits per heavy atom. The van der Waals surface area contributed by atoms with E-state index < -0.39 is 0 Å². The second kappa shape index (κ2) is 6.54. The highest BCUT2D eigenvalue weighted by Crippen LogP contribution is 2.33. The number of nitrogens with zero attached hydrogens (tertiary/aromatic N) is 4. The van der Waals surface area contributed by atoms with Crippen molar-refractivity contribution in [3.05, 3.63) is 72.4 Å². The number of hydrogen-bond donors (Lipinski definition) is 0. The molecule has 3 heterocycles. The van der Waals surface area contributed by atoms with Crippen LogP contribution in [0.25, 0.3) is 28.0 Å². The number of hydrogen-bond acceptors (Lipinski definition) is 3. The Kier molecular flexibility index (Phi) is 3.89. The molecule has 0 atom stereocenters. The van der Waals surface area contributed by atoms with Crippen LogP contribution in [0.1, 0.15) is 18.5 Å². The molecule has 2 aromatic carbocycles. The third-order valence-electron chi connectivity index (χ3n) is 5.31. The number of anilines is 1. The van der Waals surface area contributed by atoms with Crippen LogP contribution in [0.2, 0.25) is 0 Å².